The van der Waals surface area contributed by atoms with Gasteiger partial charge in [-0.2, -0.15) is 30.7 Å². The molecule has 1 saturated carbocycles. The second-order valence-corrected chi connectivity index (χ2v) is 4.79. The van der Waals surface area contributed by atoms with Gasteiger partial charge in [0.25, 0.3) is 0 Å². The monoisotopic (exact) mass is 266 g/mol. The van der Waals surface area contributed by atoms with Gasteiger partial charge in [0.2, 0.25) is 0 Å². The number of hydrogen-bond acceptors (Lipinski definition) is 0. The van der Waals surface area contributed by atoms with Crippen molar-refractivity contribution in [2.24, 2.45) is 11.3 Å². The van der Waals surface area contributed by atoms with Gasteiger partial charge in [0.05, 0.1) is 0 Å². The summed E-state index contributed by atoms with van der Waals surface area (Å²) >= 11 is 0. The lowest BCUT2D eigenvalue weighted by molar-refractivity contribution is -0.371. The lowest BCUT2D eigenvalue weighted by Crippen LogP contribution is -2.63. The summed E-state index contributed by atoms with van der Waals surface area (Å²) in [5.41, 5.74) is -3.66. The van der Waals surface area contributed by atoms with Crippen LogP contribution >= 0.6 is 0 Å². The molecule has 0 nitrogen and oxygen atoms in total. The number of halogens is 7. The van der Waals surface area contributed by atoms with E-state index in [4.69, 9.17) is 0 Å². The van der Waals surface area contributed by atoms with E-state index in [0.717, 1.165) is 0 Å². The van der Waals surface area contributed by atoms with E-state index in [1.807, 2.05) is 0 Å². The topological polar surface area (TPSA) is 0 Å². The van der Waals surface area contributed by atoms with Crippen LogP contribution in [0.4, 0.5) is 30.7 Å². The molecule has 0 bridgehead atoms. The van der Waals surface area contributed by atoms with E-state index in [2.05, 4.69) is 0 Å². The van der Waals surface area contributed by atoms with E-state index < -0.39 is 42.2 Å². The molecule has 0 aromatic carbocycles. The fourth-order valence-electron chi connectivity index (χ4n) is 2.25. The minimum absolute atomic E-state index is 0.0251. The van der Waals surface area contributed by atoms with Crippen LogP contribution in [0.15, 0.2) is 0 Å². The molecule has 0 aliphatic heterocycles. The molecule has 17 heavy (non-hydrogen) atoms. The van der Waals surface area contributed by atoms with Gasteiger partial charge in [-0.05, 0) is 19.3 Å². The zero-order valence-electron chi connectivity index (χ0n) is 9.34. The summed E-state index contributed by atoms with van der Waals surface area (Å²) in [5, 5.41) is 0. The average Bonchev–Trinajstić information content (AvgIpc) is 2.12. The number of rotatable bonds is 1. The van der Waals surface area contributed by atoms with Crippen molar-refractivity contribution < 1.29 is 30.7 Å². The summed E-state index contributed by atoms with van der Waals surface area (Å²) in [6, 6.07) is 0. The van der Waals surface area contributed by atoms with Crippen molar-refractivity contribution in [1.82, 2.24) is 0 Å². The molecule has 0 amide bonds. The smallest absolute Gasteiger partial charge is 0.200 e. The zero-order valence-corrected chi connectivity index (χ0v) is 9.34. The first-order chi connectivity index (χ1) is 7.39. The van der Waals surface area contributed by atoms with Gasteiger partial charge in [-0.1, -0.05) is 13.3 Å². The van der Waals surface area contributed by atoms with Crippen molar-refractivity contribution >= 4 is 0 Å². The summed E-state index contributed by atoms with van der Waals surface area (Å²) < 4.78 is 91.1. The molecule has 0 aromatic heterocycles. The summed E-state index contributed by atoms with van der Waals surface area (Å²) in [6.07, 6.45) is -7.48. The first kappa shape index (κ1) is 14.6. The van der Waals surface area contributed by atoms with Crippen LogP contribution in [-0.2, 0) is 0 Å². The SMILES string of the molecule is CCC1CC(F)(F)C(F)(F)C(C)(C(F)(F)F)C1. The van der Waals surface area contributed by atoms with E-state index in [1.54, 1.807) is 0 Å². The minimum atomic E-state index is -5.35. The minimum Gasteiger partial charge on any atom is -0.200 e. The molecule has 0 saturated heterocycles. The van der Waals surface area contributed by atoms with Gasteiger partial charge in [-0.3, -0.25) is 0 Å². The molecular formula is C10H13F7. The van der Waals surface area contributed by atoms with Crippen molar-refractivity contribution in [2.75, 3.05) is 0 Å². The Balaban J connectivity index is 3.26. The van der Waals surface area contributed by atoms with E-state index in [1.165, 1.54) is 6.92 Å². The molecule has 0 spiro atoms. The van der Waals surface area contributed by atoms with E-state index in [9.17, 15) is 30.7 Å². The van der Waals surface area contributed by atoms with Crippen LogP contribution in [0.5, 0.6) is 0 Å². The van der Waals surface area contributed by atoms with Crippen LogP contribution in [0.25, 0.3) is 0 Å². The lowest BCUT2D eigenvalue weighted by Gasteiger charge is -2.48. The second-order valence-electron chi connectivity index (χ2n) is 4.79. The van der Waals surface area contributed by atoms with Crippen LogP contribution in [-0.4, -0.2) is 18.0 Å². The molecule has 102 valence electrons. The van der Waals surface area contributed by atoms with Crippen LogP contribution in [0.1, 0.15) is 33.1 Å². The molecule has 1 aliphatic carbocycles. The Morgan fingerprint density at radius 1 is 1.06 bits per heavy atom. The summed E-state index contributed by atoms with van der Waals surface area (Å²) in [6.45, 7) is 1.60. The Hall–Kier alpha value is -0.490. The normalized spacial score (nSPS) is 36.9. The second kappa shape index (κ2) is 3.75. The van der Waals surface area contributed by atoms with Crippen molar-refractivity contribution in [3.8, 4) is 0 Å². The molecule has 1 rings (SSSR count). The molecule has 0 radical (unpaired) electrons. The van der Waals surface area contributed by atoms with Crippen molar-refractivity contribution in [2.45, 2.75) is 51.1 Å². The number of hydrogen-bond donors (Lipinski definition) is 0. The zero-order chi connectivity index (χ0) is 13.7. The standard InChI is InChI=1S/C10H13F7/c1-3-6-4-7(2,10(15,16)17)9(13,14)8(11,12)5-6/h6H,3-5H2,1-2H3. The maximum absolute atomic E-state index is 13.4. The Labute approximate surface area is 94.2 Å². The number of alkyl halides is 7. The lowest BCUT2D eigenvalue weighted by atomic mass is 9.65. The van der Waals surface area contributed by atoms with Gasteiger partial charge >= 0.3 is 18.0 Å². The van der Waals surface area contributed by atoms with Crippen LogP contribution in [0.2, 0.25) is 0 Å². The molecule has 7 heteroatoms. The van der Waals surface area contributed by atoms with Crippen LogP contribution in [0.3, 0.4) is 0 Å². The van der Waals surface area contributed by atoms with Crippen LogP contribution < -0.4 is 0 Å². The Morgan fingerprint density at radius 3 is 1.88 bits per heavy atom. The maximum atomic E-state index is 13.4. The van der Waals surface area contributed by atoms with Gasteiger partial charge < -0.3 is 0 Å². The summed E-state index contributed by atoms with van der Waals surface area (Å²) in [7, 11) is 0. The highest BCUT2D eigenvalue weighted by molar-refractivity contribution is 5.07. The van der Waals surface area contributed by atoms with Gasteiger partial charge in [-0.15, -0.1) is 0 Å². The van der Waals surface area contributed by atoms with E-state index >= 15 is 0 Å². The molecule has 0 N–H and O–H groups in total. The van der Waals surface area contributed by atoms with Crippen LogP contribution in [0, 0.1) is 11.3 Å². The summed E-state index contributed by atoms with van der Waals surface area (Å²) in [4.78, 5) is 0. The largest absolute Gasteiger partial charge is 0.400 e. The molecular weight excluding hydrogens is 253 g/mol. The van der Waals surface area contributed by atoms with Gasteiger partial charge in [0.1, 0.15) is 5.41 Å². The Morgan fingerprint density at radius 2 is 1.53 bits per heavy atom. The van der Waals surface area contributed by atoms with Gasteiger partial charge in [0, 0.05) is 6.42 Å². The molecule has 1 fully saturated rings. The Kier molecular flexibility index (Phi) is 3.21. The third-order valence-electron chi connectivity index (χ3n) is 3.60. The molecule has 2 unspecified atom stereocenters. The van der Waals surface area contributed by atoms with Crippen molar-refractivity contribution in [1.29, 1.82) is 0 Å². The quantitative estimate of drug-likeness (QED) is 0.606. The van der Waals surface area contributed by atoms with Gasteiger partial charge in [-0.25, -0.2) is 0 Å². The fourth-order valence-corrected chi connectivity index (χ4v) is 2.25. The molecule has 2 atom stereocenters. The highest BCUT2D eigenvalue weighted by Crippen LogP contribution is 2.63. The van der Waals surface area contributed by atoms with Gasteiger partial charge in [0.15, 0.2) is 0 Å². The maximum Gasteiger partial charge on any atom is 0.400 e. The Bertz CT molecular complexity index is 294. The van der Waals surface area contributed by atoms with Crippen molar-refractivity contribution in [3.05, 3.63) is 0 Å². The molecule has 0 heterocycles. The average molecular weight is 266 g/mol. The summed E-state index contributed by atoms with van der Waals surface area (Å²) in [5.74, 6) is -10.7. The third-order valence-corrected chi connectivity index (χ3v) is 3.60. The highest BCUT2D eigenvalue weighted by Gasteiger charge is 2.78. The molecule has 0 aromatic rings. The predicted molar refractivity (Wildman–Crippen MR) is 47.1 cm³/mol. The first-order valence-electron chi connectivity index (χ1n) is 5.21. The highest BCUT2D eigenvalue weighted by atomic mass is 19.4. The van der Waals surface area contributed by atoms with E-state index in [0.29, 0.717) is 0 Å². The first-order valence-corrected chi connectivity index (χ1v) is 5.21. The fraction of sp³-hybridized carbons (Fsp3) is 1.00. The van der Waals surface area contributed by atoms with E-state index in [-0.39, 0.29) is 13.3 Å². The van der Waals surface area contributed by atoms with Crippen molar-refractivity contribution in [3.63, 3.8) is 0 Å². The third kappa shape index (κ3) is 1.91. The predicted octanol–water partition coefficient (Wildman–Crippen LogP) is 4.65. The molecule has 1 aliphatic rings.